The number of likely N-dealkylation sites (N-methyl/N-ethyl adjacent to an activating group) is 1. The topological polar surface area (TPSA) is 58.2 Å². The quantitative estimate of drug-likeness (QED) is 0.772. The van der Waals surface area contributed by atoms with Crippen LogP contribution in [0.1, 0.15) is 12.5 Å². The summed E-state index contributed by atoms with van der Waals surface area (Å²) in [6.45, 7) is 5.79. The molecule has 2 N–H and O–H groups in total. The molecule has 0 bridgehead atoms. The molecule has 0 unspecified atom stereocenters. The Morgan fingerprint density at radius 2 is 1.71 bits per heavy atom. The molecule has 6 heteroatoms. The largest absolute Gasteiger partial charge is 0.316 e. The molecule has 0 saturated carbocycles. The summed E-state index contributed by atoms with van der Waals surface area (Å²) in [4.78, 5) is 0.314. The summed E-state index contributed by atoms with van der Waals surface area (Å²) in [5.41, 5.74) is 1.05. The van der Waals surface area contributed by atoms with Gasteiger partial charge in [-0.15, -0.1) is 12.4 Å². The minimum atomic E-state index is -3.35. The molecular formula is C11H19ClN2O2S. The third-order valence-electron chi connectivity index (χ3n) is 2.18. The number of aryl methyl sites for hydroxylation is 1. The van der Waals surface area contributed by atoms with Crippen molar-refractivity contribution in [1.29, 1.82) is 0 Å². The van der Waals surface area contributed by atoms with Crippen LogP contribution < -0.4 is 10.0 Å². The van der Waals surface area contributed by atoms with Gasteiger partial charge in [-0.25, -0.2) is 13.1 Å². The predicted molar refractivity (Wildman–Crippen MR) is 72.2 cm³/mol. The van der Waals surface area contributed by atoms with Crippen LogP contribution >= 0.6 is 12.4 Å². The number of halogens is 1. The maximum atomic E-state index is 11.8. The van der Waals surface area contributed by atoms with Gasteiger partial charge in [0, 0.05) is 13.1 Å². The molecule has 0 aliphatic rings. The second-order valence-electron chi connectivity index (χ2n) is 3.56. The van der Waals surface area contributed by atoms with Gasteiger partial charge < -0.3 is 5.32 Å². The molecule has 0 saturated heterocycles. The van der Waals surface area contributed by atoms with Crippen molar-refractivity contribution in [2.45, 2.75) is 18.7 Å². The van der Waals surface area contributed by atoms with Crippen LogP contribution in [0.5, 0.6) is 0 Å². The summed E-state index contributed by atoms with van der Waals surface area (Å²) >= 11 is 0. The molecule has 4 nitrogen and oxygen atoms in total. The van der Waals surface area contributed by atoms with Gasteiger partial charge in [0.2, 0.25) is 10.0 Å². The first-order chi connectivity index (χ1) is 7.56. The molecule has 0 aliphatic heterocycles. The second kappa shape index (κ2) is 7.66. The van der Waals surface area contributed by atoms with Gasteiger partial charge in [0.05, 0.1) is 4.90 Å². The van der Waals surface area contributed by atoms with Crippen LogP contribution in [0.4, 0.5) is 0 Å². The second-order valence-corrected chi connectivity index (χ2v) is 5.33. The van der Waals surface area contributed by atoms with Gasteiger partial charge in [-0.3, -0.25) is 0 Å². The zero-order chi connectivity index (χ0) is 12.0. The molecule has 1 aromatic carbocycles. The van der Waals surface area contributed by atoms with E-state index in [1.165, 1.54) is 0 Å². The Kier molecular flexibility index (Phi) is 7.38. The highest BCUT2D eigenvalue weighted by Gasteiger charge is 2.11. The number of rotatable bonds is 6. The third kappa shape index (κ3) is 5.50. The van der Waals surface area contributed by atoms with Crippen molar-refractivity contribution in [3.8, 4) is 0 Å². The fourth-order valence-corrected chi connectivity index (χ4v) is 2.28. The smallest absolute Gasteiger partial charge is 0.240 e. The molecular weight excluding hydrogens is 260 g/mol. The van der Waals surface area contributed by atoms with Crippen molar-refractivity contribution in [3.63, 3.8) is 0 Å². The van der Waals surface area contributed by atoms with Gasteiger partial charge in [0.1, 0.15) is 0 Å². The average molecular weight is 279 g/mol. The average Bonchev–Trinajstić information content (AvgIpc) is 2.25. The van der Waals surface area contributed by atoms with Crippen LogP contribution in [-0.4, -0.2) is 28.1 Å². The van der Waals surface area contributed by atoms with E-state index in [4.69, 9.17) is 0 Å². The Bertz CT molecular complexity index is 418. The molecule has 98 valence electrons. The maximum absolute atomic E-state index is 11.8. The zero-order valence-corrected chi connectivity index (χ0v) is 11.7. The molecule has 1 aromatic rings. The molecule has 17 heavy (non-hydrogen) atoms. The summed E-state index contributed by atoms with van der Waals surface area (Å²) in [5, 5.41) is 3.05. The predicted octanol–water partition coefficient (Wildman–Crippen LogP) is 1.30. The van der Waals surface area contributed by atoms with E-state index in [0.717, 1.165) is 12.1 Å². The molecule has 0 aromatic heterocycles. The lowest BCUT2D eigenvalue weighted by atomic mass is 10.2. The van der Waals surface area contributed by atoms with Gasteiger partial charge in [0.15, 0.2) is 0 Å². The first-order valence-corrected chi connectivity index (χ1v) is 6.81. The van der Waals surface area contributed by atoms with Crippen LogP contribution in [0.2, 0.25) is 0 Å². The highest BCUT2D eigenvalue weighted by molar-refractivity contribution is 7.89. The SMILES string of the molecule is CCNCCNS(=O)(=O)c1ccc(C)cc1.Cl. The van der Waals surface area contributed by atoms with E-state index in [1.54, 1.807) is 24.3 Å². The van der Waals surface area contributed by atoms with Gasteiger partial charge in [0.25, 0.3) is 0 Å². The minimum Gasteiger partial charge on any atom is -0.316 e. The number of hydrogen-bond acceptors (Lipinski definition) is 3. The molecule has 0 atom stereocenters. The number of nitrogens with one attached hydrogen (secondary N) is 2. The number of benzene rings is 1. The summed E-state index contributed by atoms with van der Waals surface area (Å²) in [5.74, 6) is 0. The van der Waals surface area contributed by atoms with E-state index in [-0.39, 0.29) is 12.4 Å². The standard InChI is InChI=1S/C11H18N2O2S.ClH/c1-3-12-8-9-13-16(14,15)11-6-4-10(2)5-7-11;/h4-7,12-13H,3,8-9H2,1-2H3;1H. The molecule has 1 rings (SSSR count). The van der Waals surface area contributed by atoms with Crippen molar-refractivity contribution in [2.75, 3.05) is 19.6 Å². The number of sulfonamides is 1. The monoisotopic (exact) mass is 278 g/mol. The Hall–Kier alpha value is -0.620. The summed E-state index contributed by atoms with van der Waals surface area (Å²) in [6, 6.07) is 6.81. The summed E-state index contributed by atoms with van der Waals surface area (Å²) < 4.78 is 26.1. The van der Waals surface area contributed by atoms with E-state index < -0.39 is 10.0 Å². The maximum Gasteiger partial charge on any atom is 0.240 e. The van der Waals surface area contributed by atoms with Crippen molar-refractivity contribution < 1.29 is 8.42 Å². The lowest BCUT2D eigenvalue weighted by Gasteiger charge is -2.07. The van der Waals surface area contributed by atoms with E-state index in [1.807, 2.05) is 13.8 Å². The van der Waals surface area contributed by atoms with Crippen molar-refractivity contribution in [3.05, 3.63) is 29.8 Å². The highest BCUT2D eigenvalue weighted by atomic mass is 35.5. The van der Waals surface area contributed by atoms with Crippen molar-refractivity contribution >= 4 is 22.4 Å². The highest BCUT2D eigenvalue weighted by Crippen LogP contribution is 2.09. The van der Waals surface area contributed by atoms with Crippen LogP contribution in [0.15, 0.2) is 29.2 Å². The van der Waals surface area contributed by atoms with Crippen LogP contribution in [0.3, 0.4) is 0 Å². The van der Waals surface area contributed by atoms with Gasteiger partial charge in [-0.1, -0.05) is 24.6 Å². The zero-order valence-electron chi connectivity index (χ0n) is 10.1. The first-order valence-electron chi connectivity index (χ1n) is 5.33. The molecule has 0 amide bonds. The fraction of sp³-hybridized carbons (Fsp3) is 0.455. The van der Waals surface area contributed by atoms with E-state index >= 15 is 0 Å². The lowest BCUT2D eigenvalue weighted by molar-refractivity contribution is 0.577. The molecule has 0 spiro atoms. The van der Waals surface area contributed by atoms with Gasteiger partial charge in [-0.05, 0) is 25.6 Å². The fourth-order valence-electron chi connectivity index (χ4n) is 1.25. The normalized spacial score (nSPS) is 10.9. The molecule has 0 radical (unpaired) electrons. The van der Waals surface area contributed by atoms with E-state index in [0.29, 0.717) is 18.0 Å². The van der Waals surface area contributed by atoms with Crippen LogP contribution in [0, 0.1) is 6.92 Å². The Labute approximate surface area is 109 Å². The molecule has 0 heterocycles. The van der Waals surface area contributed by atoms with Gasteiger partial charge >= 0.3 is 0 Å². The van der Waals surface area contributed by atoms with Crippen molar-refractivity contribution in [2.24, 2.45) is 0 Å². The lowest BCUT2D eigenvalue weighted by Crippen LogP contribution is -2.31. The van der Waals surface area contributed by atoms with Crippen LogP contribution in [0.25, 0.3) is 0 Å². The van der Waals surface area contributed by atoms with E-state index in [2.05, 4.69) is 10.0 Å². The summed E-state index contributed by atoms with van der Waals surface area (Å²) in [6.07, 6.45) is 0. The Morgan fingerprint density at radius 3 is 2.24 bits per heavy atom. The van der Waals surface area contributed by atoms with Crippen LogP contribution in [-0.2, 0) is 10.0 Å². The Morgan fingerprint density at radius 1 is 1.12 bits per heavy atom. The first kappa shape index (κ1) is 16.4. The Balaban J connectivity index is 0.00000256. The number of hydrogen-bond donors (Lipinski definition) is 2. The molecule has 0 aliphatic carbocycles. The van der Waals surface area contributed by atoms with E-state index in [9.17, 15) is 8.42 Å². The summed E-state index contributed by atoms with van der Waals surface area (Å²) in [7, 11) is -3.35. The van der Waals surface area contributed by atoms with Gasteiger partial charge in [-0.2, -0.15) is 0 Å². The minimum absolute atomic E-state index is 0. The molecule has 0 fully saturated rings. The van der Waals surface area contributed by atoms with Crippen molar-refractivity contribution in [1.82, 2.24) is 10.0 Å². The third-order valence-corrected chi connectivity index (χ3v) is 3.65.